The highest BCUT2D eigenvalue weighted by molar-refractivity contribution is 7.80. The van der Waals surface area contributed by atoms with Crippen molar-refractivity contribution in [3.05, 3.63) is 46.4 Å². The lowest BCUT2D eigenvalue weighted by atomic mass is 10.2. The van der Waals surface area contributed by atoms with Gasteiger partial charge >= 0.3 is 0 Å². The third-order valence-corrected chi connectivity index (χ3v) is 3.11. The van der Waals surface area contributed by atoms with Crippen molar-refractivity contribution in [3.63, 3.8) is 0 Å². The molecule has 0 spiro atoms. The number of benzene rings is 1. The zero-order valence-corrected chi connectivity index (χ0v) is 10.1. The van der Waals surface area contributed by atoms with Crippen LogP contribution in [0.25, 0.3) is 0 Å². The Morgan fingerprint density at radius 2 is 2.12 bits per heavy atom. The first-order valence-corrected chi connectivity index (χ1v) is 6.03. The number of nitrogens with one attached hydrogen (secondary N) is 1. The van der Waals surface area contributed by atoms with Gasteiger partial charge in [-0.3, -0.25) is 9.78 Å². The fourth-order valence-corrected chi connectivity index (χ4v) is 1.90. The van der Waals surface area contributed by atoms with Gasteiger partial charge in [0.05, 0.1) is 12.1 Å². The molecule has 0 fully saturated rings. The molecule has 1 N–H and O–H groups in total. The van der Waals surface area contributed by atoms with E-state index in [9.17, 15) is 4.79 Å². The quantitative estimate of drug-likeness (QED) is 0.821. The molecule has 0 aliphatic carbocycles. The molecular formula is C11H10N2OS2. The minimum atomic E-state index is -0.0817. The molecule has 1 aromatic carbocycles. The predicted molar refractivity (Wildman–Crippen MR) is 67.0 cm³/mol. The second-order valence-corrected chi connectivity index (χ2v) is 4.68. The maximum absolute atomic E-state index is 11.7. The maximum Gasteiger partial charge on any atom is 0.251 e. The number of amides is 1. The monoisotopic (exact) mass is 250 g/mol. The van der Waals surface area contributed by atoms with Crippen LogP contribution in [0.2, 0.25) is 0 Å². The summed E-state index contributed by atoms with van der Waals surface area (Å²) in [5.74, 6) is -0.0817. The van der Waals surface area contributed by atoms with Crippen LogP contribution in [0.15, 0.2) is 40.9 Å². The third-order valence-electron chi connectivity index (χ3n) is 2.04. The molecule has 0 radical (unpaired) electrons. The van der Waals surface area contributed by atoms with Crippen LogP contribution >= 0.6 is 24.0 Å². The van der Waals surface area contributed by atoms with Gasteiger partial charge in [-0.25, -0.2) is 0 Å². The smallest absolute Gasteiger partial charge is 0.251 e. The van der Waals surface area contributed by atoms with Gasteiger partial charge in [0.15, 0.2) is 0 Å². The van der Waals surface area contributed by atoms with Crippen molar-refractivity contribution in [3.8, 4) is 0 Å². The first kappa shape index (κ1) is 11.2. The normalized spacial score (nSPS) is 10.1. The second-order valence-electron chi connectivity index (χ2n) is 3.20. The maximum atomic E-state index is 11.7. The lowest BCUT2D eigenvalue weighted by molar-refractivity contribution is 0.0951. The third kappa shape index (κ3) is 2.84. The van der Waals surface area contributed by atoms with Gasteiger partial charge in [0, 0.05) is 21.5 Å². The Labute approximate surface area is 103 Å². The van der Waals surface area contributed by atoms with Crippen molar-refractivity contribution in [1.82, 2.24) is 10.3 Å². The zero-order valence-electron chi connectivity index (χ0n) is 8.38. The summed E-state index contributed by atoms with van der Waals surface area (Å²) in [6.45, 7) is 0.520. The average molecular weight is 250 g/mol. The molecule has 2 aromatic rings. The summed E-state index contributed by atoms with van der Waals surface area (Å²) in [6.07, 6.45) is 1.75. The summed E-state index contributed by atoms with van der Waals surface area (Å²) in [5.41, 5.74) is 2.39. The molecule has 0 aliphatic heterocycles. The van der Waals surface area contributed by atoms with E-state index >= 15 is 0 Å². The highest BCUT2D eigenvalue weighted by Gasteiger charge is 2.04. The standard InChI is InChI=1S/C11H10N2OS2/c14-11(8-1-3-9(15)4-2-8)13-6-10-5-12-7-16-10/h1-5,7,15H,6H2,(H,13,14). The molecule has 5 heteroatoms. The Balaban J connectivity index is 1.95. The summed E-state index contributed by atoms with van der Waals surface area (Å²) in [6, 6.07) is 7.10. The van der Waals surface area contributed by atoms with Gasteiger partial charge in [0.25, 0.3) is 5.91 Å². The Hall–Kier alpha value is -1.33. The molecule has 1 amide bonds. The fourth-order valence-electron chi connectivity index (χ4n) is 1.21. The Morgan fingerprint density at radius 3 is 2.75 bits per heavy atom. The molecular weight excluding hydrogens is 240 g/mol. The summed E-state index contributed by atoms with van der Waals surface area (Å²) < 4.78 is 0. The molecule has 82 valence electrons. The van der Waals surface area contributed by atoms with Crippen LogP contribution in [-0.4, -0.2) is 10.9 Å². The lowest BCUT2D eigenvalue weighted by Gasteiger charge is -2.03. The number of thiazole rings is 1. The highest BCUT2D eigenvalue weighted by atomic mass is 32.1. The number of carbonyl (C=O) groups is 1. The van der Waals surface area contributed by atoms with Crippen molar-refractivity contribution in [2.75, 3.05) is 0 Å². The SMILES string of the molecule is O=C(NCc1cncs1)c1ccc(S)cc1. The van der Waals surface area contributed by atoms with E-state index in [1.807, 2.05) is 0 Å². The number of thiol groups is 1. The van der Waals surface area contributed by atoms with E-state index < -0.39 is 0 Å². The topological polar surface area (TPSA) is 42.0 Å². The summed E-state index contributed by atoms with van der Waals surface area (Å²) in [5, 5.41) is 2.83. The molecule has 0 bridgehead atoms. The van der Waals surface area contributed by atoms with E-state index in [-0.39, 0.29) is 5.91 Å². The number of hydrogen-bond acceptors (Lipinski definition) is 4. The van der Waals surface area contributed by atoms with Gasteiger partial charge in [0.1, 0.15) is 0 Å². The molecule has 2 rings (SSSR count). The van der Waals surface area contributed by atoms with E-state index in [0.29, 0.717) is 12.1 Å². The molecule has 0 aliphatic rings. The van der Waals surface area contributed by atoms with Gasteiger partial charge in [-0.05, 0) is 24.3 Å². The number of carbonyl (C=O) groups excluding carboxylic acids is 1. The molecule has 16 heavy (non-hydrogen) atoms. The Kier molecular flexibility index (Phi) is 3.58. The summed E-state index contributed by atoms with van der Waals surface area (Å²) in [4.78, 5) is 17.5. The van der Waals surface area contributed by atoms with Gasteiger partial charge < -0.3 is 5.32 Å². The van der Waals surface area contributed by atoms with Crippen LogP contribution in [-0.2, 0) is 6.54 Å². The van der Waals surface area contributed by atoms with Crippen molar-refractivity contribution in [2.24, 2.45) is 0 Å². The largest absolute Gasteiger partial charge is 0.347 e. The first-order chi connectivity index (χ1) is 7.75. The average Bonchev–Trinajstić information content (AvgIpc) is 2.80. The van der Waals surface area contributed by atoms with E-state index in [4.69, 9.17) is 0 Å². The van der Waals surface area contributed by atoms with Crippen LogP contribution < -0.4 is 5.32 Å². The minimum absolute atomic E-state index is 0.0817. The molecule has 0 unspecified atom stereocenters. The number of aromatic nitrogens is 1. The highest BCUT2D eigenvalue weighted by Crippen LogP contribution is 2.08. The minimum Gasteiger partial charge on any atom is -0.347 e. The van der Waals surface area contributed by atoms with E-state index in [0.717, 1.165) is 9.77 Å². The number of hydrogen-bond donors (Lipinski definition) is 2. The van der Waals surface area contributed by atoms with E-state index in [1.165, 1.54) is 11.3 Å². The van der Waals surface area contributed by atoms with Crippen molar-refractivity contribution in [1.29, 1.82) is 0 Å². The first-order valence-electron chi connectivity index (χ1n) is 4.70. The van der Waals surface area contributed by atoms with Crippen LogP contribution in [0.5, 0.6) is 0 Å². The van der Waals surface area contributed by atoms with Gasteiger partial charge in [0.2, 0.25) is 0 Å². The molecule has 0 saturated heterocycles. The molecule has 3 nitrogen and oxygen atoms in total. The molecule has 0 saturated carbocycles. The van der Waals surface area contributed by atoms with Crippen LogP contribution in [0.1, 0.15) is 15.2 Å². The fraction of sp³-hybridized carbons (Fsp3) is 0.0909. The lowest BCUT2D eigenvalue weighted by Crippen LogP contribution is -2.22. The van der Waals surface area contributed by atoms with Crippen molar-refractivity contribution in [2.45, 2.75) is 11.4 Å². The number of rotatable bonds is 3. The van der Waals surface area contributed by atoms with Crippen LogP contribution in [0.3, 0.4) is 0 Å². The van der Waals surface area contributed by atoms with Crippen LogP contribution in [0.4, 0.5) is 0 Å². The van der Waals surface area contributed by atoms with E-state index in [1.54, 1.807) is 36.0 Å². The van der Waals surface area contributed by atoms with Crippen LogP contribution in [0, 0.1) is 0 Å². The molecule has 1 aromatic heterocycles. The molecule has 0 atom stereocenters. The summed E-state index contributed by atoms with van der Waals surface area (Å²) >= 11 is 5.69. The van der Waals surface area contributed by atoms with E-state index in [2.05, 4.69) is 22.9 Å². The predicted octanol–water partition coefficient (Wildman–Crippen LogP) is 2.36. The van der Waals surface area contributed by atoms with Crippen molar-refractivity contribution < 1.29 is 4.79 Å². The molecule has 1 heterocycles. The Morgan fingerprint density at radius 1 is 1.38 bits per heavy atom. The van der Waals surface area contributed by atoms with Gasteiger partial charge in [-0.15, -0.1) is 24.0 Å². The van der Waals surface area contributed by atoms with Gasteiger partial charge in [-0.2, -0.15) is 0 Å². The second kappa shape index (κ2) is 5.14. The van der Waals surface area contributed by atoms with Gasteiger partial charge in [-0.1, -0.05) is 0 Å². The zero-order chi connectivity index (χ0) is 11.4. The summed E-state index contributed by atoms with van der Waals surface area (Å²) in [7, 11) is 0. The van der Waals surface area contributed by atoms with Crippen molar-refractivity contribution >= 4 is 29.9 Å². The number of nitrogens with zero attached hydrogens (tertiary/aromatic N) is 1. The Bertz CT molecular complexity index is 465.